The number of aryl methyl sites for hydroxylation is 1. The van der Waals surface area contributed by atoms with Gasteiger partial charge in [-0.2, -0.15) is 9.61 Å². The molecule has 3 aliphatic heterocycles. The maximum Gasteiger partial charge on any atom is 0.337 e. The zero-order valence-electron chi connectivity index (χ0n) is 28.4. The lowest BCUT2D eigenvalue weighted by Gasteiger charge is -2.41. The molecule has 2 unspecified atom stereocenters. The summed E-state index contributed by atoms with van der Waals surface area (Å²) >= 11 is 0. The molecule has 0 spiro atoms. The van der Waals surface area contributed by atoms with E-state index in [0.717, 1.165) is 36.8 Å². The van der Waals surface area contributed by atoms with Crippen molar-refractivity contribution in [2.45, 2.75) is 97.6 Å². The summed E-state index contributed by atoms with van der Waals surface area (Å²) in [5.74, 6) is -0.0931. The second kappa shape index (κ2) is 12.5. The van der Waals surface area contributed by atoms with Gasteiger partial charge in [0.25, 0.3) is 0 Å². The molecule has 10 heteroatoms. The van der Waals surface area contributed by atoms with Gasteiger partial charge < -0.3 is 24.2 Å². The van der Waals surface area contributed by atoms with Gasteiger partial charge in [0.05, 0.1) is 28.6 Å². The number of anilines is 1. The average Bonchev–Trinajstić information content (AvgIpc) is 3.43. The van der Waals surface area contributed by atoms with Gasteiger partial charge in [0.1, 0.15) is 17.4 Å². The molecule has 0 amide bonds. The number of carboxylic acids is 1. The lowest BCUT2D eigenvalue weighted by Crippen LogP contribution is -2.46. The zero-order valence-corrected chi connectivity index (χ0v) is 28.4. The minimum Gasteiger partial charge on any atom is -0.490 e. The number of carboxylic acid groups (broad SMARTS) is 1. The molecule has 7 rings (SSSR count). The van der Waals surface area contributed by atoms with Gasteiger partial charge in [0.15, 0.2) is 11.8 Å². The molecule has 250 valence electrons. The molecule has 0 saturated carbocycles. The quantitative estimate of drug-likeness (QED) is 0.242. The first-order valence-corrected chi connectivity index (χ1v) is 16.5. The lowest BCUT2D eigenvalue weighted by atomic mass is 9.92. The fourth-order valence-corrected chi connectivity index (χ4v) is 6.71. The third-order valence-corrected chi connectivity index (χ3v) is 9.22. The molecule has 0 aliphatic carbocycles. The Hall–Kier alpha value is -4.02. The Morgan fingerprint density at radius 2 is 1.85 bits per heavy atom. The molecule has 1 saturated heterocycles. The molecule has 4 aromatic rings. The maximum absolute atomic E-state index is 15.0. The Bertz CT molecular complexity index is 1800. The van der Waals surface area contributed by atoms with E-state index in [-0.39, 0.29) is 17.5 Å². The van der Waals surface area contributed by atoms with Gasteiger partial charge in [-0.3, -0.25) is 0 Å². The third kappa shape index (κ3) is 6.71. The molecule has 1 fully saturated rings. The largest absolute Gasteiger partial charge is 0.490 e. The van der Waals surface area contributed by atoms with E-state index in [9.17, 15) is 14.3 Å². The number of aromatic nitrogens is 3. The molecule has 2 aromatic carbocycles. The molecule has 2 atom stereocenters. The molecule has 3 aliphatic rings. The van der Waals surface area contributed by atoms with Gasteiger partial charge in [-0.05, 0) is 103 Å². The van der Waals surface area contributed by atoms with E-state index in [2.05, 4.69) is 11.8 Å². The van der Waals surface area contributed by atoms with Crippen molar-refractivity contribution in [1.29, 1.82) is 0 Å². The highest BCUT2D eigenvalue weighted by molar-refractivity contribution is 5.80. The molecule has 5 heterocycles. The van der Waals surface area contributed by atoms with Crippen molar-refractivity contribution < 1.29 is 28.5 Å². The lowest BCUT2D eigenvalue weighted by molar-refractivity contribution is -0.160. The monoisotopic (exact) mass is 644 g/mol. The Balaban J connectivity index is 1.57. The number of ether oxygens (including phenoxy) is 3. The Kier molecular flexibility index (Phi) is 8.78. The standard InChI is InChI=1S/C37H45FN4O5/c1-22-10-9-19-45-37(7)15-17-41(18-16-37)34-32(33(35(43)44)47-36(4,5)6)24(3)39-30-21-28(40-42(30)34)25-11-8-12-26(20-25)31-23(2)27(38)13-14-29(31)46-22/h8,11-14,20-22,33H,9-10,15-19H2,1-7H3,(H,43,44). The van der Waals surface area contributed by atoms with Crippen molar-refractivity contribution >= 4 is 17.4 Å². The van der Waals surface area contributed by atoms with Crippen LogP contribution in [0.15, 0.2) is 42.5 Å². The summed E-state index contributed by atoms with van der Waals surface area (Å²) in [6, 6.07) is 12.9. The number of aliphatic carboxylic acids is 1. The van der Waals surface area contributed by atoms with E-state index in [4.69, 9.17) is 24.3 Å². The highest BCUT2D eigenvalue weighted by Gasteiger charge is 2.38. The topological polar surface area (TPSA) is 98.4 Å². The van der Waals surface area contributed by atoms with Crippen LogP contribution < -0.4 is 9.64 Å². The molecule has 0 radical (unpaired) electrons. The minimum absolute atomic E-state index is 0.0945. The summed E-state index contributed by atoms with van der Waals surface area (Å²) in [4.78, 5) is 19.9. The molecule has 2 aromatic heterocycles. The predicted molar refractivity (Wildman–Crippen MR) is 180 cm³/mol. The van der Waals surface area contributed by atoms with Crippen molar-refractivity contribution in [3.8, 4) is 28.1 Å². The fourth-order valence-electron chi connectivity index (χ4n) is 6.71. The number of rotatable bonds is 3. The van der Waals surface area contributed by atoms with Crippen LogP contribution >= 0.6 is 0 Å². The van der Waals surface area contributed by atoms with Gasteiger partial charge in [-0.1, -0.05) is 18.2 Å². The summed E-state index contributed by atoms with van der Waals surface area (Å²) in [6.45, 7) is 15.2. The number of halogens is 1. The van der Waals surface area contributed by atoms with Crippen LogP contribution in [0.4, 0.5) is 10.2 Å². The van der Waals surface area contributed by atoms with Crippen LogP contribution in [0, 0.1) is 19.7 Å². The summed E-state index contributed by atoms with van der Waals surface area (Å²) in [5, 5.41) is 15.5. The third-order valence-electron chi connectivity index (χ3n) is 9.22. The van der Waals surface area contributed by atoms with E-state index in [1.54, 1.807) is 17.5 Å². The molecule has 6 bridgehead atoms. The van der Waals surface area contributed by atoms with Gasteiger partial charge >= 0.3 is 5.97 Å². The highest BCUT2D eigenvalue weighted by atomic mass is 19.1. The Morgan fingerprint density at radius 1 is 1.13 bits per heavy atom. The second-order valence-electron chi connectivity index (χ2n) is 14.2. The average molecular weight is 645 g/mol. The molecular weight excluding hydrogens is 599 g/mol. The smallest absolute Gasteiger partial charge is 0.337 e. The first kappa shape index (κ1) is 32.9. The predicted octanol–water partition coefficient (Wildman–Crippen LogP) is 7.70. The van der Waals surface area contributed by atoms with Crippen LogP contribution in [0.2, 0.25) is 0 Å². The number of hydrogen-bond acceptors (Lipinski definition) is 7. The zero-order chi connectivity index (χ0) is 33.7. The van der Waals surface area contributed by atoms with Gasteiger partial charge in [-0.15, -0.1) is 0 Å². The van der Waals surface area contributed by atoms with Crippen molar-refractivity contribution in [2.75, 3.05) is 24.6 Å². The van der Waals surface area contributed by atoms with Crippen LogP contribution in [-0.4, -0.2) is 62.7 Å². The number of hydrogen-bond donors (Lipinski definition) is 1. The van der Waals surface area contributed by atoms with Gasteiger partial charge in [0.2, 0.25) is 0 Å². The minimum atomic E-state index is -1.25. The maximum atomic E-state index is 15.0. The molecule has 47 heavy (non-hydrogen) atoms. The summed E-state index contributed by atoms with van der Waals surface area (Å²) in [6.07, 6.45) is 1.78. The van der Waals surface area contributed by atoms with E-state index in [0.29, 0.717) is 65.0 Å². The molecule has 1 N–H and O–H groups in total. The second-order valence-corrected chi connectivity index (χ2v) is 14.2. The van der Waals surface area contributed by atoms with E-state index in [1.807, 2.05) is 65.0 Å². The number of fused-ring (bicyclic) bond motifs is 7. The fraction of sp³-hybridized carbons (Fsp3) is 0.486. The van der Waals surface area contributed by atoms with Gasteiger partial charge in [-0.25, -0.2) is 14.2 Å². The first-order valence-electron chi connectivity index (χ1n) is 16.5. The normalized spacial score (nSPS) is 21.1. The molecule has 9 nitrogen and oxygen atoms in total. The van der Waals surface area contributed by atoms with E-state index in [1.165, 1.54) is 6.07 Å². The SMILES string of the molecule is Cc1nc2cc3nn2c(c1C(OC(C)(C)C)C(=O)O)N1CCC(C)(CC1)OCCCC(C)Oc1ccc(F)c(C)c1-c1cccc-3c1. The van der Waals surface area contributed by atoms with Crippen LogP contribution in [0.1, 0.15) is 83.2 Å². The molecular formula is C37H45FN4O5. The summed E-state index contributed by atoms with van der Waals surface area (Å²) < 4.78 is 35.8. The van der Waals surface area contributed by atoms with Crippen molar-refractivity contribution in [3.05, 3.63) is 65.1 Å². The highest BCUT2D eigenvalue weighted by Crippen LogP contribution is 2.40. The van der Waals surface area contributed by atoms with E-state index < -0.39 is 17.7 Å². The Morgan fingerprint density at radius 3 is 2.55 bits per heavy atom. The Labute approximate surface area is 275 Å². The number of nitrogens with zero attached hydrogens (tertiary/aromatic N) is 4. The van der Waals surface area contributed by atoms with Crippen molar-refractivity contribution in [3.63, 3.8) is 0 Å². The first-order chi connectivity index (χ1) is 22.2. The van der Waals surface area contributed by atoms with Crippen LogP contribution in [0.5, 0.6) is 5.75 Å². The number of carbonyl (C=O) groups is 1. The van der Waals surface area contributed by atoms with Crippen LogP contribution in [0.25, 0.3) is 28.0 Å². The van der Waals surface area contributed by atoms with Crippen LogP contribution in [0.3, 0.4) is 0 Å². The number of piperidine rings is 1. The van der Waals surface area contributed by atoms with Crippen molar-refractivity contribution in [2.24, 2.45) is 0 Å². The van der Waals surface area contributed by atoms with Gasteiger partial charge in [0, 0.05) is 42.6 Å². The van der Waals surface area contributed by atoms with E-state index >= 15 is 0 Å². The van der Waals surface area contributed by atoms with Crippen LogP contribution in [-0.2, 0) is 14.3 Å². The number of benzene rings is 2. The summed E-state index contributed by atoms with van der Waals surface area (Å²) in [7, 11) is 0. The summed E-state index contributed by atoms with van der Waals surface area (Å²) in [5.41, 5.74) is 4.12. The van der Waals surface area contributed by atoms with Crippen molar-refractivity contribution in [1.82, 2.24) is 14.6 Å².